The highest BCUT2D eigenvalue weighted by molar-refractivity contribution is 5.94. The van der Waals surface area contributed by atoms with Crippen molar-refractivity contribution in [2.24, 2.45) is 0 Å². The lowest BCUT2D eigenvalue weighted by atomic mass is 9.62. The van der Waals surface area contributed by atoms with Crippen LogP contribution in [0.3, 0.4) is 0 Å². The van der Waals surface area contributed by atoms with Crippen molar-refractivity contribution in [1.29, 1.82) is 0 Å². The van der Waals surface area contributed by atoms with Gasteiger partial charge in [0.05, 0.1) is 28.4 Å². The van der Waals surface area contributed by atoms with E-state index in [2.05, 4.69) is 120 Å². The van der Waals surface area contributed by atoms with Crippen LogP contribution in [0.5, 0.6) is 0 Å². The summed E-state index contributed by atoms with van der Waals surface area (Å²) < 4.78 is 5.23. The van der Waals surface area contributed by atoms with Gasteiger partial charge in [0.2, 0.25) is 0 Å². The fourth-order valence-electron chi connectivity index (χ4n) is 6.13. The van der Waals surface area contributed by atoms with Crippen molar-refractivity contribution in [3.63, 3.8) is 0 Å². The van der Waals surface area contributed by atoms with Gasteiger partial charge >= 0.3 is 5.63 Å². The first-order valence-corrected chi connectivity index (χ1v) is 12.8. The molecule has 0 aliphatic carbocycles. The molecule has 38 heavy (non-hydrogen) atoms. The van der Waals surface area contributed by atoms with Crippen molar-refractivity contribution in [3.05, 3.63) is 172 Å². The van der Waals surface area contributed by atoms with E-state index in [-0.39, 0.29) is 5.63 Å². The van der Waals surface area contributed by atoms with E-state index in [1.165, 1.54) is 22.3 Å². The molecule has 0 N–H and O–H groups in total. The summed E-state index contributed by atoms with van der Waals surface area (Å²) in [5.74, 6) is 0. The molecule has 1 aromatic heterocycles. The summed E-state index contributed by atoms with van der Waals surface area (Å²) in [6, 6.07) is 44.9. The Bertz CT molecular complexity index is 1770. The van der Waals surface area contributed by atoms with E-state index in [9.17, 15) is 4.79 Å². The first kappa shape index (κ1) is 22.3. The van der Waals surface area contributed by atoms with Crippen molar-refractivity contribution < 1.29 is 4.42 Å². The Morgan fingerprint density at radius 1 is 0.605 bits per heavy atom. The van der Waals surface area contributed by atoms with Crippen LogP contribution in [0.15, 0.2) is 143 Å². The fourth-order valence-corrected chi connectivity index (χ4v) is 6.13. The highest BCUT2D eigenvalue weighted by atomic mass is 16.4. The van der Waals surface area contributed by atoms with E-state index < -0.39 is 5.41 Å². The second-order valence-electron chi connectivity index (χ2n) is 9.79. The van der Waals surface area contributed by atoms with E-state index in [0.717, 1.165) is 28.0 Å². The van der Waals surface area contributed by atoms with Crippen molar-refractivity contribution in [3.8, 4) is 0 Å². The predicted octanol–water partition coefficient (Wildman–Crippen LogP) is 8.27. The van der Waals surface area contributed by atoms with Gasteiger partial charge in [-0.25, -0.2) is 4.79 Å². The van der Waals surface area contributed by atoms with Crippen LogP contribution in [-0.2, 0) is 5.41 Å². The van der Waals surface area contributed by atoms with Gasteiger partial charge in [-0.1, -0.05) is 97.1 Å². The monoisotopic (exact) mass is 491 g/mol. The molecule has 2 heterocycles. The maximum Gasteiger partial charge on any atom is 0.343 e. The van der Waals surface area contributed by atoms with Crippen molar-refractivity contribution in [1.82, 2.24) is 0 Å². The third-order valence-corrected chi connectivity index (χ3v) is 7.76. The van der Waals surface area contributed by atoms with Gasteiger partial charge in [0.1, 0.15) is 0 Å². The van der Waals surface area contributed by atoms with Crippen molar-refractivity contribution in [2.45, 2.75) is 12.3 Å². The zero-order valence-corrected chi connectivity index (χ0v) is 21.0. The van der Waals surface area contributed by atoms with Crippen LogP contribution in [-0.4, -0.2) is 0 Å². The highest BCUT2D eigenvalue weighted by Gasteiger charge is 2.46. The molecular weight excluding hydrogens is 466 g/mol. The molecule has 0 saturated heterocycles. The molecule has 0 fully saturated rings. The van der Waals surface area contributed by atoms with Crippen molar-refractivity contribution >= 4 is 27.8 Å². The minimum absolute atomic E-state index is 0.316. The Hall–Kier alpha value is -4.89. The second kappa shape index (κ2) is 8.60. The topological polar surface area (TPSA) is 33.5 Å². The maximum absolute atomic E-state index is 12.4. The zero-order chi connectivity index (χ0) is 25.7. The van der Waals surface area contributed by atoms with Gasteiger partial charge in [-0.3, -0.25) is 0 Å². The summed E-state index contributed by atoms with van der Waals surface area (Å²) in [7, 11) is 0. The number of nitrogens with zero attached hydrogens (tertiary/aromatic N) is 1. The van der Waals surface area contributed by atoms with Gasteiger partial charge < -0.3 is 9.32 Å². The molecule has 0 bridgehead atoms. The molecule has 0 unspecified atom stereocenters. The van der Waals surface area contributed by atoms with Crippen molar-refractivity contribution in [2.75, 3.05) is 4.90 Å². The molecule has 1 aliphatic heterocycles. The Kier molecular flexibility index (Phi) is 5.05. The van der Waals surface area contributed by atoms with Gasteiger partial charge in [-0.15, -0.1) is 0 Å². The number of hydrogen-bond acceptors (Lipinski definition) is 3. The first-order valence-electron chi connectivity index (χ1n) is 12.8. The van der Waals surface area contributed by atoms with Gasteiger partial charge in [0.25, 0.3) is 0 Å². The van der Waals surface area contributed by atoms with Crippen LogP contribution in [0.2, 0.25) is 0 Å². The molecular formula is C35H25NO2. The molecule has 0 amide bonds. The van der Waals surface area contributed by atoms with Crippen LogP contribution < -0.4 is 10.5 Å². The molecule has 5 aromatic carbocycles. The number of aryl methyl sites for hydroxylation is 1. The van der Waals surface area contributed by atoms with Crippen LogP contribution in [0.4, 0.5) is 17.1 Å². The number of hydrogen-bond donors (Lipinski definition) is 0. The highest BCUT2D eigenvalue weighted by Crippen LogP contribution is 2.57. The van der Waals surface area contributed by atoms with Gasteiger partial charge in [-0.05, 0) is 70.5 Å². The van der Waals surface area contributed by atoms with Gasteiger partial charge in [0, 0.05) is 5.69 Å². The third kappa shape index (κ3) is 3.12. The average Bonchev–Trinajstić information content (AvgIpc) is 2.98. The molecule has 0 radical (unpaired) electrons. The Morgan fingerprint density at radius 3 is 1.71 bits per heavy atom. The van der Waals surface area contributed by atoms with Crippen LogP contribution in [0.1, 0.15) is 27.8 Å². The standard InChI is InChI=1S/C35H25NO2/c1-24-23-38-34(37)28-21-20-27(22-29(24)28)36-32-18-10-8-16-30(32)35(25-12-4-2-5-13-25,26-14-6-3-7-15-26)31-17-9-11-19-33(31)36/h2-23H,1H3. The largest absolute Gasteiger partial charge is 0.431 e. The zero-order valence-electron chi connectivity index (χ0n) is 21.0. The van der Waals surface area contributed by atoms with Crippen LogP contribution in [0, 0.1) is 6.92 Å². The lowest BCUT2D eigenvalue weighted by Gasteiger charge is -2.46. The fraction of sp³-hybridized carbons (Fsp3) is 0.0571. The van der Waals surface area contributed by atoms with Crippen LogP contribution >= 0.6 is 0 Å². The molecule has 1 aliphatic rings. The molecule has 0 saturated carbocycles. The number of para-hydroxylation sites is 2. The molecule has 0 atom stereocenters. The third-order valence-electron chi connectivity index (χ3n) is 7.76. The Labute approximate surface area is 221 Å². The minimum Gasteiger partial charge on any atom is -0.431 e. The number of benzene rings is 5. The lowest BCUT2D eigenvalue weighted by molar-refractivity contribution is 0.516. The van der Waals surface area contributed by atoms with E-state index in [0.29, 0.717) is 5.39 Å². The summed E-state index contributed by atoms with van der Waals surface area (Å²) in [4.78, 5) is 14.8. The molecule has 6 aromatic rings. The molecule has 3 heteroatoms. The quantitative estimate of drug-likeness (QED) is 0.249. The molecule has 3 nitrogen and oxygen atoms in total. The van der Waals surface area contributed by atoms with E-state index in [4.69, 9.17) is 4.42 Å². The number of rotatable bonds is 3. The van der Waals surface area contributed by atoms with E-state index >= 15 is 0 Å². The van der Waals surface area contributed by atoms with Gasteiger partial charge in [-0.2, -0.15) is 0 Å². The average molecular weight is 492 g/mol. The summed E-state index contributed by atoms with van der Waals surface area (Å²) in [6.07, 6.45) is 1.54. The SMILES string of the molecule is Cc1coc(=O)c2ccc(N3c4ccccc4C(c4ccccc4)(c4ccccc4)c4ccccc43)cc12. The molecule has 7 rings (SSSR count). The minimum atomic E-state index is -0.500. The number of anilines is 3. The Balaban J connectivity index is 1.60. The van der Waals surface area contributed by atoms with E-state index in [1.807, 2.05) is 19.1 Å². The smallest absolute Gasteiger partial charge is 0.343 e. The number of fused-ring (bicyclic) bond motifs is 3. The van der Waals surface area contributed by atoms with E-state index in [1.54, 1.807) is 6.26 Å². The summed E-state index contributed by atoms with van der Waals surface area (Å²) in [5.41, 5.74) is 8.20. The maximum atomic E-state index is 12.4. The second-order valence-corrected chi connectivity index (χ2v) is 9.79. The molecule has 0 spiro atoms. The molecule has 182 valence electrons. The Morgan fingerprint density at radius 2 is 1.13 bits per heavy atom. The van der Waals surface area contributed by atoms with Crippen LogP contribution in [0.25, 0.3) is 10.8 Å². The lowest BCUT2D eigenvalue weighted by Crippen LogP contribution is -2.37. The summed E-state index contributed by atoms with van der Waals surface area (Å²) in [6.45, 7) is 1.98. The first-order chi connectivity index (χ1) is 18.7. The summed E-state index contributed by atoms with van der Waals surface area (Å²) >= 11 is 0. The summed E-state index contributed by atoms with van der Waals surface area (Å²) in [5, 5.41) is 1.49. The predicted molar refractivity (Wildman–Crippen MR) is 154 cm³/mol. The van der Waals surface area contributed by atoms with Gasteiger partial charge in [0.15, 0.2) is 0 Å². The normalized spacial score (nSPS) is 13.7.